The molecule has 3 nitrogen and oxygen atoms in total. The summed E-state index contributed by atoms with van der Waals surface area (Å²) in [5.74, 6) is -0.567. The normalized spacial score (nSPS) is 11.8. The second-order valence-corrected chi connectivity index (χ2v) is 4.90. The number of nitrogens with one attached hydrogen (secondary N) is 1. The average molecular weight is 287 g/mol. The molecule has 0 spiro atoms. The molecule has 0 saturated heterocycles. The van der Waals surface area contributed by atoms with E-state index in [-0.39, 0.29) is 11.7 Å². The van der Waals surface area contributed by atoms with E-state index in [1.165, 1.54) is 12.1 Å². The molecule has 20 heavy (non-hydrogen) atoms. The van der Waals surface area contributed by atoms with E-state index >= 15 is 0 Å². The number of ether oxygens (including phenoxy) is 1. The maximum absolute atomic E-state index is 12.0. The van der Waals surface area contributed by atoms with Crippen LogP contribution in [-0.4, -0.2) is 12.3 Å². The van der Waals surface area contributed by atoms with Crippen LogP contribution < -0.4 is 10.1 Å². The first-order valence-corrected chi connectivity index (χ1v) is 5.92. The minimum atomic E-state index is -4.73. The number of anilines is 1. The number of benzene rings is 1. The topological polar surface area (TPSA) is 38.3 Å². The summed E-state index contributed by atoms with van der Waals surface area (Å²) in [6, 6.07) is 4.99. The standard InChI is InChI=1S/C14H16F3NO2/c1-4-9-13(2,3)12(19)18-10-5-7-11(8-6-10)20-14(15,16)17/h4-8H,1,9H2,2-3H3,(H,18,19). The van der Waals surface area contributed by atoms with Gasteiger partial charge in [0.2, 0.25) is 5.91 Å². The molecule has 0 heterocycles. The highest BCUT2D eigenvalue weighted by Crippen LogP contribution is 2.26. The molecule has 0 aromatic heterocycles. The zero-order valence-corrected chi connectivity index (χ0v) is 11.3. The number of alkyl halides is 3. The molecule has 1 amide bonds. The third kappa shape index (κ3) is 4.95. The summed E-state index contributed by atoms with van der Waals surface area (Å²) < 4.78 is 39.7. The van der Waals surface area contributed by atoms with E-state index in [0.29, 0.717) is 12.1 Å². The van der Waals surface area contributed by atoms with E-state index in [4.69, 9.17) is 0 Å². The SMILES string of the molecule is C=CCC(C)(C)C(=O)Nc1ccc(OC(F)(F)F)cc1. The van der Waals surface area contributed by atoms with Crippen LogP contribution in [0.15, 0.2) is 36.9 Å². The van der Waals surface area contributed by atoms with E-state index in [1.807, 2.05) is 0 Å². The Hall–Kier alpha value is -1.98. The number of carbonyl (C=O) groups is 1. The van der Waals surface area contributed by atoms with E-state index in [2.05, 4.69) is 16.6 Å². The van der Waals surface area contributed by atoms with Gasteiger partial charge in [0.15, 0.2) is 0 Å². The van der Waals surface area contributed by atoms with Gasteiger partial charge in [-0.1, -0.05) is 19.9 Å². The van der Waals surface area contributed by atoms with Crippen molar-refractivity contribution in [2.45, 2.75) is 26.6 Å². The molecular formula is C14H16F3NO2. The summed E-state index contributed by atoms with van der Waals surface area (Å²) in [5, 5.41) is 2.63. The zero-order valence-electron chi connectivity index (χ0n) is 11.3. The lowest BCUT2D eigenvalue weighted by Gasteiger charge is -2.21. The predicted molar refractivity (Wildman–Crippen MR) is 70.3 cm³/mol. The van der Waals surface area contributed by atoms with E-state index in [9.17, 15) is 18.0 Å². The van der Waals surface area contributed by atoms with Crippen LogP contribution in [0.4, 0.5) is 18.9 Å². The van der Waals surface area contributed by atoms with Crippen LogP contribution in [0.25, 0.3) is 0 Å². The largest absolute Gasteiger partial charge is 0.573 e. The van der Waals surface area contributed by atoms with Gasteiger partial charge in [-0.3, -0.25) is 4.79 Å². The van der Waals surface area contributed by atoms with E-state index in [0.717, 1.165) is 12.1 Å². The maximum atomic E-state index is 12.0. The molecule has 0 aliphatic carbocycles. The molecule has 1 rings (SSSR count). The van der Waals surface area contributed by atoms with Crippen molar-refractivity contribution in [3.63, 3.8) is 0 Å². The van der Waals surface area contributed by atoms with Gasteiger partial charge in [-0.15, -0.1) is 19.8 Å². The minimum Gasteiger partial charge on any atom is -0.406 e. The van der Waals surface area contributed by atoms with Crippen molar-refractivity contribution in [1.29, 1.82) is 0 Å². The van der Waals surface area contributed by atoms with Crippen molar-refractivity contribution in [1.82, 2.24) is 0 Å². The van der Waals surface area contributed by atoms with Crippen molar-refractivity contribution in [2.75, 3.05) is 5.32 Å². The Morgan fingerprint density at radius 3 is 2.30 bits per heavy atom. The molecule has 1 N–H and O–H groups in total. The Kier molecular flexibility index (Phi) is 4.81. The van der Waals surface area contributed by atoms with Crippen LogP contribution in [0.3, 0.4) is 0 Å². The summed E-state index contributed by atoms with van der Waals surface area (Å²) in [4.78, 5) is 12.0. The summed E-state index contributed by atoms with van der Waals surface area (Å²) in [6.45, 7) is 7.09. The Labute approximate surface area is 115 Å². The van der Waals surface area contributed by atoms with Gasteiger partial charge in [0, 0.05) is 11.1 Å². The number of hydrogen-bond donors (Lipinski definition) is 1. The van der Waals surface area contributed by atoms with Crippen molar-refractivity contribution in [3.8, 4) is 5.75 Å². The highest BCUT2D eigenvalue weighted by Gasteiger charge is 2.31. The fraction of sp³-hybridized carbons (Fsp3) is 0.357. The van der Waals surface area contributed by atoms with E-state index in [1.54, 1.807) is 19.9 Å². The highest BCUT2D eigenvalue weighted by molar-refractivity contribution is 5.94. The Balaban J connectivity index is 2.71. The number of halogens is 3. The molecule has 0 bridgehead atoms. The van der Waals surface area contributed by atoms with Crippen LogP contribution >= 0.6 is 0 Å². The lowest BCUT2D eigenvalue weighted by molar-refractivity contribution is -0.274. The quantitative estimate of drug-likeness (QED) is 0.827. The monoisotopic (exact) mass is 287 g/mol. The fourth-order valence-electron chi connectivity index (χ4n) is 1.49. The number of hydrogen-bond acceptors (Lipinski definition) is 2. The molecule has 0 unspecified atom stereocenters. The smallest absolute Gasteiger partial charge is 0.406 e. The summed E-state index contributed by atoms with van der Waals surface area (Å²) >= 11 is 0. The highest BCUT2D eigenvalue weighted by atomic mass is 19.4. The molecule has 0 atom stereocenters. The molecule has 0 aliphatic rings. The van der Waals surface area contributed by atoms with Crippen molar-refractivity contribution in [3.05, 3.63) is 36.9 Å². The van der Waals surface area contributed by atoms with Gasteiger partial charge in [0.1, 0.15) is 5.75 Å². The second kappa shape index (κ2) is 5.98. The molecular weight excluding hydrogens is 271 g/mol. The van der Waals surface area contributed by atoms with Gasteiger partial charge in [-0.2, -0.15) is 0 Å². The third-order valence-electron chi connectivity index (χ3n) is 2.62. The van der Waals surface area contributed by atoms with Gasteiger partial charge in [-0.25, -0.2) is 0 Å². The fourth-order valence-corrected chi connectivity index (χ4v) is 1.49. The summed E-state index contributed by atoms with van der Waals surface area (Å²) in [5.41, 5.74) is -0.232. The van der Waals surface area contributed by atoms with Crippen LogP contribution in [0, 0.1) is 5.41 Å². The third-order valence-corrected chi connectivity index (χ3v) is 2.62. The second-order valence-electron chi connectivity index (χ2n) is 4.90. The number of amides is 1. The van der Waals surface area contributed by atoms with Gasteiger partial charge < -0.3 is 10.1 Å². The first-order valence-electron chi connectivity index (χ1n) is 5.92. The first-order chi connectivity index (χ1) is 9.14. The summed E-state index contributed by atoms with van der Waals surface area (Å²) in [7, 11) is 0. The van der Waals surface area contributed by atoms with Crippen LogP contribution in [-0.2, 0) is 4.79 Å². The molecule has 6 heteroatoms. The minimum absolute atomic E-state index is 0.234. The number of allylic oxidation sites excluding steroid dienone is 1. The molecule has 0 radical (unpaired) electrons. The molecule has 0 fully saturated rings. The van der Waals surface area contributed by atoms with Crippen molar-refractivity contribution < 1.29 is 22.7 Å². The van der Waals surface area contributed by atoms with E-state index < -0.39 is 11.8 Å². The van der Waals surface area contributed by atoms with Gasteiger partial charge in [0.05, 0.1) is 0 Å². The average Bonchev–Trinajstić information content (AvgIpc) is 2.29. The van der Waals surface area contributed by atoms with Gasteiger partial charge >= 0.3 is 6.36 Å². The van der Waals surface area contributed by atoms with Crippen LogP contribution in [0.5, 0.6) is 5.75 Å². The number of carbonyl (C=O) groups excluding carboxylic acids is 1. The Bertz CT molecular complexity index is 478. The predicted octanol–water partition coefficient (Wildman–Crippen LogP) is 4.13. The van der Waals surface area contributed by atoms with Crippen molar-refractivity contribution >= 4 is 11.6 Å². The molecule has 0 aliphatic heterocycles. The zero-order chi connectivity index (χ0) is 15.4. The first kappa shape index (κ1) is 16.1. The molecule has 1 aromatic rings. The Morgan fingerprint density at radius 1 is 1.30 bits per heavy atom. The van der Waals surface area contributed by atoms with Gasteiger partial charge in [0.25, 0.3) is 0 Å². The maximum Gasteiger partial charge on any atom is 0.573 e. The molecule has 110 valence electrons. The van der Waals surface area contributed by atoms with Crippen LogP contribution in [0.2, 0.25) is 0 Å². The summed E-state index contributed by atoms with van der Waals surface area (Å²) in [6.07, 6.45) is -2.59. The van der Waals surface area contributed by atoms with Crippen molar-refractivity contribution in [2.24, 2.45) is 5.41 Å². The molecule has 1 aromatic carbocycles. The lowest BCUT2D eigenvalue weighted by Crippen LogP contribution is -2.30. The lowest BCUT2D eigenvalue weighted by atomic mass is 9.88. The van der Waals surface area contributed by atoms with Crippen LogP contribution in [0.1, 0.15) is 20.3 Å². The van der Waals surface area contributed by atoms with Gasteiger partial charge in [-0.05, 0) is 30.7 Å². The Morgan fingerprint density at radius 2 is 1.85 bits per heavy atom. The molecule has 0 saturated carbocycles. The number of rotatable bonds is 5.